The van der Waals surface area contributed by atoms with Gasteiger partial charge in [0.1, 0.15) is 17.3 Å². The second kappa shape index (κ2) is 5.23. The number of aromatic nitrogens is 2. The molecular formula is C10H13ClN4O. The molecule has 0 aromatic carbocycles. The van der Waals surface area contributed by atoms with E-state index in [-0.39, 0.29) is 11.8 Å². The molecule has 0 atom stereocenters. The monoisotopic (exact) mass is 240 g/mol. The predicted octanol–water partition coefficient (Wildman–Crippen LogP) is 1.07. The van der Waals surface area contributed by atoms with E-state index in [0.717, 1.165) is 25.9 Å². The van der Waals surface area contributed by atoms with Crippen molar-refractivity contribution in [3.05, 3.63) is 17.5 Å². The van der Waals surface area contributed by atoms with Crippen molar-refractivity contribution in [3.63, 3.8) is 0 Å². The molecule has 1 aromatic rings. The fourth-order valence-corrected chi connectivity index (χ4v) is 1.86. The van der Waals surface area contributed by atoms with Gasteiger partial charge in [-0.05, 0) is 25.9 Å². The molecule has 1 aromatic heterocycles. The minimum Gasteiger partial charge on any atom is -0.317 e. The van der Waals surface area contributed by atoms with Crippen molar-refractivity contribution in [1.29, 1.82) is 0 Å². The molecule has 16 heavy (non-hydrogen) atoms. The van der Waals surface area contributed by atoms with Gasteiger partial charge in [-0.15, -0.1) is 0 Å². The number of rotatable bonds is 2. The molecule has 86 valence electrons. The number of hydrogen-bond acceptors (Lipinski definition) is 4. The molecule has 1 aliphatic rings. The molecule has 0 radical (unpaired) electrons. The topological polar surface area (TPSA) is 66.9 Å². The van der Waals surface area contributed by atoms with Crippen LogP contribution in [-0.4, -0.2) is 29.0 Å². The summed E-state index contributed by atoms with van der Waals surface area (Å²) >= 11 is 5.70. The van der Waals surface area contributed by atoms with Gasteiger partial charge >= 0.3 is 0 Å². The number of amides is 1. The van der Waals surface area contributed by atoms with Crippen LogP contribution in [0.3, 0.4) is 0 Å². The van der Waals surface area contributed by atoms with Crippen LogP contribution >= 0.6 is 11.6 Å². The molecule has 1 aliphatic heterocycles. The fourth-order valence-electron chi connectivity index (χ4n) is 1.71. The third-order valence-corrected chi connectivity index (χ3v) is 2.80. The highest BCUT2D eigenvalue weighted by Crippen LogP contribution is 2.15. The van der Waals surface area contributed by atoms with Gasteiger partial charge in [0.2, 0.25) is 5.91 Å². The zero-order valence-electron chi connectivity index (χ0n) is 8.74. The zero-order chi connectivity index (χ0) is 11.4. The van der Waals surface area contributed by atoms with E-state index in [0.29, 0.717) is 11.0 Å². The van der Waals surface area contributed by atoms with Crippen molar-refractivity contribution in [2.24, 2.45) is 5.92 Å². The average molecular weight is 241 g/mol. The van der Waals surface area contributed by atoms with E-state index < -0.39 is 0 Å². The van der Waals surface area contributed by atoms with Crippen LogP contribution < -0.4 is 10.6 Å². The standard InChI is InChI=1S/C10H13ClN4O/c11-8-5-9(14-6-13-8)15-10(16)7-1-3-12-4-2-7/h5-7,12H,1-4H2,(H,13,14,15,16). The second-order valence-corrected chi connectivity index (χ2v) is 4.13. The Morgan fingerprint density at radius 3 is 2.88 bits per heavy atom. The van der Waals surface area contributed by atoms with Crippen molar-refractivity contribution >= 4 is 23.3 Å². The molecule has 5 nitrogen and oxygen atoms in total. The molecule has 0 aliphatic carbocycles. The molecule has 2 rings (SSSR count). The number of carbonyl (C=O) groups is 1. The first kappa shape index (κ1) is 11.3. The first-order valence-electron chi connectivity index (χ1n) is 5.25. The lowest BCUT2D eigenvalue weighted by Gasteiger charge is -2.21. The summed E-state index contributed by atoms with van der Waals surface area (Å²) in [6.45, 7) is 1.78. The van der Waals surface area contributed by atoms with Crippen molar-refractivity contribution in [2.45, 2.75) is 12.8 Å². The maximum absolute atomic E-state index is 11.8. The number of nitrogens with one attached hydrogen (secondary N) is 2. The third-order valence-electron chi connectivity index (χ3n) is 2.59. The van der Waals surface area contributed by atoms with Gasteiger partial charge in [0, 0.05) is 12.0 Å². The Morgan fingerprint density at radius 1 is 1.44 bits per heavy atom. The van der Waals surface area contributed by atoms with Crippen molar-refractivity contribution in [3.8, 4) is 0 Å². The molecule has 0 spiro atoms. The number of anilines is 1. The van der Waals surface area contributed by atoms with Gasteiger partial charge in [0.15, 0.2) is 0 Å². The molecule has 1 amide bonds. The smallest absolute Gasteiger partial charge is 0.228 e. The van der Waals surface area contributed by atoms with Crippen LogP contribution in [0.25, 0.3) is 0 Å². The largest absolute Gasteiger partial charge is 0.317 e. The molecule has 2 N–H and O–H groups in total. The molecule has 0 saturated carbocycles. The van der Waals surface area contributed by atoms with Gasteiger partial charge in [-0.25, -0.2) is 9.97 Å². The van der Waals surface area contributed by atoms with E-state index in [1.54, 1.807) is 6.07 Å². The fraction of sp³-hybridized carbons (Fsp3) is 0.500. The summed E-state index contributed by atoms with van der Waals surface area (Å²) in [6.07, 6.45) is 3.07. The maximum atomic E-state index is 11.8. The Hall–Kier alpha value is -1.20. The highest BCUT2D eigenvalue weighted by atomic mass is 35.5. The maximum Gasteiger partial charge on any atom is 0.228 e. The van der Waals surface area contributed by atoms with Crippen LogP contribution in [0, 0.1) is 5.92 Å². The minimum atomic E-state index is 0.0104. The number of carbonyl (C=O) groups excluding carboxylic acids is 1. The summed E-state index contributed by atoms with van der Waals surface area (Å²) < 4.78 is 0. The molecule has 1 fully saturated rings. The molecule has 0 bridgehead atoms. The van der Waals surface area contributed by atoms with Crippen molar-refractivity contribution in [1.82, 2.24) is 15.3 Å². The van der Waals surface area contributed by atoms with Gasteiger partial charge in [-0.2, -0.15) is 0 Å². The van der Waals surface area contributed by atoms with E-state index in [4.69, 9.17) is 11.6 Å². The van der Waals surface area contributed by atoms with Crippen LogP contribution in [0.5, 0.6) is 0 Å². The lowest BCUT2D eigenvalue weighted by atomic mass is 9.97. The highest BCUT2D eigenvalue weighted by Gasteiger charge is 2.21. The number of hydrogen-bond donors (Lipinski definition) is 2. The summed E-state index contributed by atoms with van der Waals surface area (Å²) in [5, 5.41) is 6.30. The second-order valence-electron chi connectivity index (χ2n) is 3.74. The van der Waals surface area contributed by atoms with Gasteiger partial charge in [-0.3, -0.25) is 4.79 Å². The van der Waals surface area contributed by atoms with Gasteiger partial charge < -0.3 is 10.6 Å². The Balaban J connectivity index is 1.96. The average Bonchev–Trinajstić information content (AvgIpc) is 2.30. The van der Waals surface area contributed by atoms with Crippen LogP contribution in [0.4, 0.5) is 5.82 Å². The van der Waals surface area contributed by atoms with Crippen molar-refractivity contribution < 1.29 is 4.79 Å². The number of piperidine rings is 1. The SMILES string of the molecule is O=C(Nc1cc(Cl)ncn1)C1CCNCC1. The van der Waals surface area contributed by atoms with E-state index in [9.17, 15) is 4.79 Å². The lowest BCUT2D eigenvalue weighted by Crippen LogP contribution is -2.34. The summed E-state index contributed by atoms with van der Waals surface area (Å²) in [4.78, 5) is 19.5. The van der Waals surface area contributed by atoms with Crippen molar-refractivity contribution in [2.75, 3.05) is 18.4 Å². The number of halogens is 1. The van der Waals surface area contributed by atoms with Gasteiger partial charge in [0.25, 0.3) is 0 Å². The zero-order valence-corrected chi connectivity index (χ0v) is 9.50. The lowest BCUT2D eigenvalue weighted by molar-refractivity contribution is -0.120. The Bertz CT molecular complexity index is 379. The predicted molar refractivity (Wildman–Crippen MR) is 61.3 cm³/mol. The molecule has 1 saturated heterocycles. The third kappa shape index (κ3) is 2.90. The van der Waals surface area contributed by atoms with Gasteiger partial charge in [0.05, 0.1) is 0 Å². The summed E-state index contributed by atoms with van der Waals surface area (Å²) in [5.41, 5.74) is 0. The minimum absolute atomic E-state index is 0.0104. The van der Waals surface area contributed by atoms with E-state index in [2.05, 4.69) is 20.6 Å². The first-order chi connectivity index (χ1) is 7.75. The Labute approximate surface area is 98.6 Å². The summed E-state index contributed by atoms with van der Waals surface area (Å²) in [7, 11) is 0. The van der Waals surface area contributed by atoms with Crippen LogP contribution in [0.1, 0.15) is 12.8 Å². The summed E-state index contributed by atoms with van der Waals surface area (Å²) in [6, 6.07) is 1.54. The Kier molecular flexibility index (Phi) is 3.69. The van der Waals surface area contributed by atoms with E-state index in [1.165, 1.54) is 6.33 Å². The Morgan fingerprint density at radius 2 is 2.19 bits per heavy atom. The highest BCUT2D eigenvalue weighted by molar-refractivity contribution is 6.29. The quantitative estimate of drug-likeness (QED) is 0.759. The molecule has 2 heterocycles. The first-order valence-corrected chi connectivity index (χ1v) is 5.62. The van der Waals surface area contributed by atoms with Gasteiger partial charge in [-0.1, -0.05) is 11.6 Å². The van der Waals surface area contributed by atoms with Crippen LogP contribution in [0.2, 0.25) is 5.15 Å². The normalized spacial score (nSPS) is 17.1. The number of nitrogens with zero attached hydrogens (tertiary/aromatic N) is 2. The molecular weight excluding hydrogens is 228 g/mol. The van der Waals surface area contributed by atoms with E-state index in [1.807, 2.05) is 0 Å². The van der Waals surface area contributed by atoms with Crippen LogP contribution in [-0.2, 0) is 4.79 Å². The van der Waals surface area contributed by atoms with Crippen LogP contribution in [0.15, 0.2) is 12.4 Å². The summed E-state index contributed by atoms with van der Waals surface area (Å²) in [5.74, 6) is 0.537. The van der Waals surface area contributed by atoms with E-state index >= 15 is 0 Å². The molecule has 6 heteroatoms. The molecule has 0 unspecified atom stereocenters.